The second-order valence-corrected chi connectivity index (χ2v) is 6.05. The Bertz CT molecular complexity index is 869. The molecule has 0 fully saturated rings. The molecule has 0 bridgehead atoms. The number of methoxy groups -OCH3 is 1. The molecule has 25 heavy (non-hydrogen) atoms. The Hall–Kier alpha value is -2.99. The van der Waals surface area contributed by atoms with E-state index in [0.29, 0.717) is 23.5 Å². The van der Waals surface area contributed by atoms with Crippen LogP contribution in [0.4, 0.5) is 0 Å². The van der Waals surface area contributed by atoms with Crippen molar-refractivity contribution < 1.29 is 19.1 Å². The number of esters is 1. The molecule has 3 aromatic rings. The van der Waals surface area contributed by atoms with Gasteiger partial charge in [0.2, 0.25) is 0 Å². The first-order valence-corrected chi connectivity index (χ1v) is 8.39. The van der Waals surface area contributed by atoms with Crippen molar-refractivity contribution in [2.75, 3.05) is 7.11 Å². The van der Waals surface area contributed by atoms with Gasteiger partial charge in [-0.15, -0.1) is 11.3 Å². The normalized spacial score (nSPS) is 10.3. The number of hydrogen-bond acceptors (Lipinski definition) is 6. The fourth-order valence-corrected chi connectivity index (χ4v) is 2.98. The number of nitrogens with zero attached hydrogens (tertiary/aromatic N) is 1. The van der Waals surface area contributed by atoms with Gasteiger partial charge < -0.3 is 9.47 Å². The SMILES string of the molecule is COC(=O)c1ccc(-c2nc(COc3ccc(C=O)cc3)cs2)cc1. The lowest BCUT2D eigenvalue weighted by atomic mass is 10.1. The van der Waals surface area contributed by atoms with E-state index in [-0.39, 0.29) is 5.97 Å². The minimum absolute atomic E-state index is 0.344. The van der Waals surface area contributed by atoms with Crippen molar-refractivity contribution in [1.29, 1.82) is 0 Å². The third-order valence-corrected chi connectivity index (χ3v) is 4.45. The van der Waals surface area contributed by atoms with Gasteiger partial charge >= 0.3 is 5.97 Å². The molecule has 0 N–H and O–H groups in total. The summed E-state index contributed by atoms with van der Waals surface area (Å²) in [6.45, 7) is 0.344. The Morgan fingerprint density at radius 2 is 1.84 bits per heavy atom. The number of thiazole rings is 1. The topological polar surface area (TPSA) is 65.5 Å². The van der Waals surface area contributed by atoms with Gasteiger partial charge in [0.25, 0.3) is 0 Å². The molecule has 0 aliphatic rings. The minimum atomic E-state index is -0.361. The largest absolute Gasteiger partial charge is 0.487 e. The molecule has 0 spiro atoms. The van der Waals surface area contributed by atoms with Crippen molar-refractivity contribution in [3.8, 4) is 16.3 Å². The van der Waals surface area contributed by atoms with E-state index in [1.165, 1.54) is 18.4 Å². The zero-order chi connectivity index (χ0) is 17.6. The summed E-state index contributed by atoms with van der Waals surface area (Å²) in [6.07, 6.45) is 0.794. The molecule has 126 valence electrons. The van der Waals surface area contributed by atoms with Crippen LogP contribution in [-0.4, -0.2) is 24.3 Å². The molecule has 0 saturated carbocycles. The van der Waals surface area contributed by atoms with Crippen LogP contribution in [-0.2, 0) is 11.3 Å². The number of aldehydes is 1. The number of aromatic nitrogens is 1. The van der Waals surface area contributed by atoms with Gasteiger partial charge in [-0.05, 0) is 36.4 Å². The van der Waals surface area contributed by atoms with Crippen molar-refractivity contribution >= 4 is 23.6 Å². The molecule has 5 nitrogen and oxygen atoms in total. The second-order valence-electron chi connectivity index (χ2n) is 5.19. The maximum absolute atomic E-state index is 11.5. The quantitative estimate of drug-likeness (QED) is 0.495. The van der Waals surface area contributed by atoms with Crippen LogP contribution in [0.5, 0.6) is 5.75 Å². The Morgan fingerprint density at radius 1 is 1.12 bits per heavy atom. The van der Waals surface area contributed by atoms with Crippen LogP contribution >= 0.6 is 11.3 Å². The highest BCUT2D eigenvalue weighted by atomic mass is 32.1. The van der Waals surface area contributed by atoms with Gasteiger partial charge in [0.05, 0.1) is 18.4 Å². The van der Waals surface area contributed by atoms with Crippen molar-refractivity contribution in [1.82, 2.24) is 4.98 Å². The molecule has 0 atom stereocenters. The molecular weight excluding hydrogens is 338 g/mol. The zero-order valence-electron chi connectivity index (χ0n) is 13.5. The Balaban J connectivity index is 1.65. The van der Waals surface area contributed by atoms with E-state index < -0.39 is 0 Å². The fraction of sp³-hybridized carbons (Fsp3) is 0.105. The van der Waals surface area contributed by atoms with Crippen molar-refractivity contribution in [2.45, 2.75) is 6.61 Å². The molecule has 1 heterocycles. The smallest absolute Gasteiger partial charge is 0.337 e. The highest BCUT2D eigenvalue weighted by Gasteiger charge is 2.08. The maximum Gasteiger partial charge on any atom is 0.337 e. The summed E-state index contributed by atoms with van der Waals surface area (Å²) in [5.41, 5.74) is 2.86. The van der Waals surface area contributed by atoms with Crippen LogP contribution in [0.25, 0.3) is 10.6 Å². The van der Waals surface area contributed by atoms with Crippen LogP contribution in [0.1, 0.15) is 26.4 Å². The lowest BCUT2D eigenvalue weighted by Gasteiger charge is -2.04. The summed E-state index contributed by atoms with van der Waals surface area (Å²) in [7, 11) is 1.36. The van der Waals surface area contributed by atoms with Crippen LogP contribution < -0.4 is 4.74 Å². The molecule has 0 radical (unpaired) electrons. The van der Waals surface area contributed by atoms with Crippen molar-refractivity contribution in [3.05, 3.63) is 70.7 Å². The number of carbonyl (C=O) groups is 2. The standard InChI is InChI=1S/C19H15NO4S/c1-23-19(22)15-6-4-14(5-7-15)18-20-16(12-25-18)11-24-17-8-2-13(10-21)3-9-17/h2-10,12H,11H2,1H3. The first-order valence-electron chi connectivity index (χ1n) is 7.51. The molecule has 0 unspecified atom stereocenters. The van der Waals surface area contributed by atoms with Gasteiger partial charge in [0.1, 0.15) is 23.7 Å². The van der Waals surface area contributed by atoms with Gasteiger partial charge in [-0.1, -0.05) is 12.1 Å². The van der Waals surface area contributed by atoms with Gasteiger partial charge in [-0.3, -0.25) is 4.79 Å². The highest BCUT2D eigenvalue weighted by molar-refractivity contribution is 7.13. The lowest BCUT2D eigenvalue weighted by Crippen LogP contribution is -2.00. The summed E-state index contributed by atoms with van der Waals surface area (Å²) in [5, 5.41) is 2.79. The summed E-state index contributed by atoms with van der Waals surface area (Å²) < 4.78 is 10.4. The van der Waals surface area contributed by atoms with E-state index in [9.17, 15) is 9.59 Å². The lowest BCUT2D eigenvalue weighted by molar-refractivity contribution is 0.0600. The van der Waals surface area contributed by atoms with Gasteiger partial charge in [-0.25, -0.2) is 9.78 Å². The second kappa shape index (κ2) is 7.72. The minimum Gasteiger partial charge on any atom is -0.487 e. The average Bonchev–Trinajstić information content (AvgIpc) is 3.15. The fourth-order valence-electron chi connectivity index (χ4n) is 2.17. The first kappa shape index (κ1) is 16.9. The molecular formula is C19H15NO4S. The molecule has 0 aliphatic heterocycles. The molecule has 2 aromatic carbocycles. The van der Waals surface area contributed by atoms with Crippen LogP contribution in [0, 0.1) is 0 Å². The van der Waals surface area contributed by atoms with E-state index in [0.717, 1.165) is 22.6 Å². The Labute approximate surface area is 148 Å². The molecule has 0 saturated heterocycles. The molecule has 6 heteroatoms. The van der Waals surface area contributed by atoms with Crippen LogP contribution in [0.3, 0.4) is 0 Å². The van der Waals surface area contributed by atoms with Gasteiger partial charge in [-0.2, -0.15) is 0 Å². The summed E-state index contributed by atoms with van der Waals surface area (Å²) in [5.74, 6) is 0.322. The third kappa shape index (κ3) is 4.10. The maximum atomic E-state index is 11.5. The van der Waals surface area contributed by atoms with E-state index >= 15 is 0 Å². The number of hydrogen-bond donors (Lipinski definition) is 0. The summed E-state index contributed by atoms with van der Waals surface area (Å²) in [4.78, 5) is 26.6. The predicted molar refractivity (Wildman–Crippen MR) is 95.1 cm³/mol. The Kier molecular flexibility index (Phi) is 5.20. The number of benzene rings is 2. The Morgan fingerprint density at radius 3 is 2.48 bits per heavy atom. The average molecular weight is 353 g/mol. The predicted octanol–water partition coefficient (Wildman–Crippen LogP) is 3.99. The molecule has 0 amide bonds. The molecule has 0 aliphatic carbocycles. The van der Waals surface area contributed by atoms with Crippen LogP contribution in [0.2, 0.25) is 0 Å². The van der Waals surface area contributed by atoms with E-state index in [2.05, 4.69) is 9.72 Å². The number of ether oxygens (including phenoxy) is 2. The van der Waals surface area contributed by atoms with E-state index in [1.54, 1.807) is 36.4 Å². The number of carbonyl (C=O) groups excluding carboxylic acids is 2. The van der Waals surface area contributed by atoms with Gasteiger partial charge in [0, 0.05) is 16.5 Å². The van der Waals surface area contributed by atoms with Crippen molar-refractivity contribution in [2.24, 2.45) is 0 Å². The number of rotatable bonds is 6. The van der Waals surface area contributed by atoms with Crippen LogP contribution in [0.15, 0.2) is 53.9 Å². The molecule has 3 rings (SSSR count). The zero-order valence-corrected chi connectivity index (χ0v) is 14.3. The summed E-state index contributed by atoms with van der Waals surface area (Å²) in [6, 6.07) is 14.0. The van der Waals surface area contributed by atoms with Gasteiger partial charge in [0.15, 0.2) is 0 Å². The van der Waals surface area contributed by atoms with E-state index in [4.69, 9.17) is 4.74 Å². The first-order chi connectivity index (χ1) is 12.2. The summed E-state index contributed by atoms with van der Waals surface area (Å²) >= 11 is 1.51. The monoisotopic (exact) mass is 353 g/mol. The van der Waals surface area contributed by atoms with Crippen molar-refractivity contribution in [3.63, 3.8) is 0 Å². The molecule has 1 aromatic heterocycles. The highest BCUT2D eigenvalue weighted by Crippen LogP contribution is 2.25. The third-order valence-electron chi connectivity index (χ3n) is 3.51. The van der Waals surface area contributed by atoms with E-state index in [1.807, 2.05) is 17.5 Å².